The number of rotatable bonds is 5. The molecule has 0 bridgehead atoms. The van der Waals surface area contributed by atoms with Crippen molar-refractivity contribution < 1.29 is 14.4 Å². The molecule has 1 aliphatic heterocycles. The molecule has 1 fully saturated rings. The van der Waals surface area contributed by atoms with Crippen LogP contribution in [-0.4, -0.2) is 36.6 Å². The summed E-state index contributed by atoms with van der Waals surface area (Å²) >= 11 is 0. The van der Waals surface area contributed by atoms with Crippen molar-refractivity contribution in [3.63, 3.8) is 0 Å². The first-order chi connectivity index (χ1) is 6.75. The zero-order valence-corrected chi connectivity index (χ0v) is 8.23. The van der Waals surface area contributed by atoms with E-state index in [-0.39, 0.29) is 11.8 Å². The van der Waals surface area contributed by atoms with E-state index in [1.54, 1.807) is 6.21 Å². The molecular weight excluding hydrogens is 184 g/mol. The van der Waals surface area contributed by atoms with Crippen LogP contribution in [0.2, 0.25) is 0 Å². The Morgan fingerprint density at radius 2 is 2.07 bits per heavy atom. The third kappa shape index (κ3) is 2.83. The summed E-state index contributed by atoms with van der Waals surface area (Å²) in [6, 6.07) is 0. The minimum Gasteiger partial charge on any atom is -0.399 e. The fraction of sp³-hybridized carbons (Fsp3) is 0.667. The average molecular weight is 198 g/mol. The van der Waals surface area contributed by atoms with Gasteiger partial charge in [0, 0.05) is 25.6 Å². The highest BCUT2D eigenvalue weighted by Gasteiger charge is 2.27. The molecule has 0 aliphatic carbocycles. The van der Waals surface area contributed by atoms with Gasteiger partial charge in [0.25, 0.3) is 0 Å². The number of amides is 2. The number of likely N-dealkylation sites (tertiary alicyclic amines) is 1. The lowest BCUT2D eigenvalue weighted by Crippen LogP contribution is -2.29. The zero-order valence-electron chi connectivity index (χ0n) is 8.23. The first-order valence-electron chi connectivity index (χ1n) is 4.64. The van der Waals surface area contributed by atoms with Crippen LogP contribution in [0.3, 0.4) is 0 Å². The van der Waals surface area contributed by atoms with Crippen LogP contribution in [0.25, 0.3) is 0 Å². The van der Waals surface area contributed by atoms with E-state index in [2.05, 4.69) is 9.99 Å². The molecule has 5 heteroatoms. The van der Waals surface area contributed by atoms with E-state index in [0.717, 1.165) is 6.42 Å². The number of unbranched alkanes of at least 4 members (excludes halogenated alkanes) is 1. The van der Waals surface area contributed by atoms with Gasteiger partial charge in [-0.15, -0.1) is 0 Å². The smallest absolute Gasteiger partial charge is 0.229 e. The number of carbonyl (C=O) groups is 2. The van der Waals surface area contributed by atoms with Gasteiger partial charge in [0.05, 0.1) is 0 Å². The van der Waals surface area contributed by atoms with Crippen LogP contribution in [0.4, 0.5) is 0 Å². The first kappa shape index (κ1) is 10.7. The topological polar surface area (TPSA) is 59.0 Å². The fourth-order valence-corrected chi connectivity index (χ4v) is 1.34. The normalized spacial score (nSPS) is 17.1. The monoisotopic (exact) mass is 198 g/mol. The lowest BCUT2D eigenvalue weighted by molar-refractivity contribution is -0.138. The minimum atomic E-state index is -0.0568. The van der Waals surface area contributed by atoms with E-state index in [0.29, 0.717) is 25.8 Å². The van der Waals surface area contributed by atoms with Gasteiger partial charge in [-0.1, -0.05) is 5.16 Å². The van der Waals surface area contributed by atoms with E-state index < -0.39 is 0 Å². The Hall–Kier alpha value is -1.39. The second-order valence-corrected chi connectivity index (χ2v) is 3.05. The van der Waals surface area contributed by atoms with Crippen molar-refractivity contribution in [1.82, 2.24) is 4.90 Å². The van der Waals surface area contributed by atoms with Gasteiger partial charge in [0.2, 0.25) is 11.8 Å². The standard InChI is InChI=1S/C9H14N2O3/c1-14-10-6-2-3-7-11-8(12)4-5-9(11)13/h6H,2-5,7H2,1H3/b10-6+. The highest BCUT2D eigenvalue weighted by molar-refractivity contribution is 6.01. The third-order valence-electron chi connectivity index (χ3n) is 2.05. The molecule has 0 spiro atoms. The van der Waals surface area contributed by atoms with E-state index >= 15 is 0 Å². The van der Waals surface area contributed by atoms with Crippen LogP contribution in [0.15, 0.2) is 5.16 Å². The lowest BCUT2D eigenvalue weighted by Gasteiger charge is -2.11. The molecule has 0 atom stereocenters. The van der Waals surface area contributed by atoms with Gasteiger partial charge in [-0.25, -0.2) is 0 Å². The summed E-state index contributed by atoms with van der Waals surface area (Å²) in [4.78, 5) is 28.1. The molecule has 1 aliphatic rings. The molecule has 0 unspecified atom stereocenters. The number of oxime groups is 1. The third-order valence-corrected chi connectivity index (χ3v) is 2.05. The van der Waals surface area contributed by atoms with E-state index in [4.69, 9.17) is 0 Å². The van der Waals surface area contributed by atoms with Crippen LogP contribution in [0, 0.1) is 0 Å². The van der Waals surface area contributed by atoms with Crippen molar-refractivity contribution in [3.8, 4) is 0 Å². The Morgan fingerprint density at radius 1 is 1.43 bits per heavy atom. The van der Waals surface area contributed by atoms with Crippen molar-refractivity contribution in [2.24, 2.45) is 5.16 Å². The van der Waals surface area contributed by atoms with Gasteiger partial charge in [-0.3, -0.25) is 14.5 Å². The predicted octanol–water partition coefficient (Wildman–Crippen LogP) is 0.548. The molecule has 14 heavy (non-hydrogen) atoms. The second-order valence-electron chi connectivity index (χ2n) is 3.05. The number of carbonyl (C=O) groups excluding carboxylic acids is 2. The number of hydrogen-bond acceptors (Lipinski definition) is 4. The molecular formula is C9H14N2O3. The maximum atomic E-state index is 11.2. The molecule has 0 aromatic carbocycles. The highest BCUT2D eigenvalue weighted by atomic mass is 16.6. The first-order valence-corrected chi connectivity index (χ1v) is 4.64. The van der Waals surface area contributed by atoms with Gasteiger partial charge >= 0.3 is 0 Å². The van der Waals surface area contributed by atoms with Crippen molar-refractivity contribution in [3.05, 3.63) is 0 Å². The van der Waals surface area contributed by atoms with E-state index in [9.17, 15) is 9.59 Å². The van der Waals surface area contributed by atoms with Crippen LogP contribution in [0.5, 0.6) is 0 Å². The lowest BCUT2D eigenvalue weighted by atomic mass is 10.3. The quantitative estimate of drug-likeness (QED) is 0.280. The Bertz CT molecular complexity index is 234. The summed E-state index contributed by atoms with van der Waals surface area (Å²) in [6.07, 6.45) is 3.82. The van der Waals surface area contributed by atoms with Crippen LogP contribution in [0.1, 0.15) is 25.7 Å². The second kappa shape index (κ2) is 5.36. The predicted molar refractivity (Wildman–Crippen MR) is 50.7 cm³/mol. The van der Waals surface area contributed by atoms with Gasteiger partial charge in [0.15, 0.2) is 0 Å². The number of imide groups is 1. The van der Waals surface area contributed by atoms with Crippen LogP contribution >= 0.6 is 0 Å². The van der Waals surface area contributed by atoms with Gasteiger partial charge in [-0.2, -0.15) is 0 Å². The maximum Gasteiger partial charge on any atom is 0.229 e. The van der Waals surface area contributed by atoms with E-state index in [1.807, 2.05) is 0 Å². The largest absolute Gasteiger partial charge is 0.399 e. The van der Waals surface area contributed by atoms with Crippen molar-refractivity contribution in [2.75, 3.05) is 13.7 Å². The molecule has 0 N–H and O–H groups in total. The molecule has 2 amide bonds. The molecule has 1 saturated heterocycles. The zero-order chi connectivity index (χ0) is 10.4. The molecule has 0 aromatic heterocycles. The van der Waals surface area contributed by atoms with E-state index in [1.165, 1.54) is 12.0 Å². The Morgan fingerprint density at radius 3 is 2.64 bits per heavy atom. The maximum absolute atomic E-state index is 11.2. The molecule has 1 rings (SSSR count). The Kier molecular flexibility index (Phi) is 4.10. The molecule has 1 heterocycles. The molecule has 0 aromatic rings. The van der Waals surface area contributed by atoms with Crippen molar-refractivity contribution >= 4 is 18.0 Å². The number of nitrogens with zero attached hydrogens (tertiary/aromatic N) is 2. The summed E-state index contributed by atoms with van der Waals surface area (Å²) < 4.78 is 0. The van der Waals surface area contributed by atoms with Crippen molar-refractivity contribution in [1.29, 1.82) is 0 Å². The molecule has 5 nitrogen and oxygen atoms in total. The van der Waals surface area contributed by atoms with Gasteiger partial charge < -0.3 is 4.84 Å². The molecule has 0 saturated carbocycles. The van der Waals surface area contributed by atoms with Crippen LogP contribution in [-0.2, 0) is 14.4 Å². The summed E-state index contributed by atoms with van der Waals surface area (Å²) in [5, 5.41) is 3.56. The minimum absolute atomic E-state index is 0.0568. The number of hydrogen-bond donors (Lipinski definition) is 0. The summed E-state index contributed by atoms with van der Waals surface area (Å²) in [5.74, 6) is -0.114. The van der Waals surface area contributed by atoms with Gasteiger partial charge in [-0.05, 0) is 12.8 Å². The molecule has 78 valence electrons. The summed E-state index contributed by atoms with van der Waals surface area (Å²) in [5.41, 5.74) is 0. The Labute approximate surface area is 82.7 Å². The summed E-state index contributed by atoms with van der Waals surface area (Å²) in [7, 11) is 1.48. The van der Waals surface area contributed by atoms with Crippen LogP contribution < -0.4 is 0 Å². The highest BCUT2D eigenvalue weighted by Crippen LogP contribution is 2.11. The summed E-state index contributed by atoms with van der Waals surface area (Å²) in [6.45, 7) is 0.493. The SMILES string of the molecule is CO/N=C/CCCN1C(=O)CCC1=O. The average Bonchev–Trinajstić information content (AvgIpc) is 2.48. The molecule has 0 radical (unpaired) electrons. The van der Waals surface area contributed by atoms with Crippen molar-refractivity contribution in [2.45, 2.75) is 25.7 Å². The fourth-order valence-electron chi connectivity index (χ4n) is 1.34. The van der Waals surface area contributed by atoms with Gasteiger partial charge in [0.1, 0.15) is 7.11 Å². The Balaban J connectivity index is 2.20.